The van der Waals surface area contributed by atoms with Crippen LogP contribution in [0.1, 0.15) is 15.9 Å². The summed E-state index contributed by atoms with van der Waals surface area (Å²) in [4.78, 5) is 26.1. The lowest BCUT2D eigenvalue weighted by Crippen LogP contribution is -2.26. The minimum atomic E-state index is -0.232. The van der Waals surface area contributed by atoms with Crippen molar-refractivity contribution >= 4 is 23.2 Å². The van der Waals surface area contributed by atoms with Gasteiger partial charge in [0, 0.05) is 24.0 Å². The number of aryl methyl sites for hydroxylation is 1. The number of amides is 2. The van der Waals surface area contributed by atoms with E-state index in [1.165, 1.54) is 0 Å². The average Bonchev–Trinajstić information content (AvgIpc) is 2.74. The van der Waals surface area contributed by atoms with Crippen LogP contribution < -0.4 is 15.0 Å². The fourth-order valence-corrected chi connectivity index (χ4v) is 2.64. The lowest BCUT2D eigenvalue weighted by molar-refractivity contribution is -0.118. The standard InChI is InChI=1S/C23H22N2O3/c1-17-8-10-19(11-9-17)24-22(26)16-28-21-14-12-20(13-15-21)25(2)23(27)18-6-4-3-5-7-18/h3-15H,16H2,1-2H3,(H,24,26). The zero-order valence-electron chi connectivity index (χ0n) is 15.9. The molecule has 0 saturated carbocycles. The first-order valence-corrected chi connectivity index (χ1v) is 8.95. The quantitative estimate of drug-likeness (QED) is 0.700. The number of anilines is 2. The Morgan fingerprint density at radius 1 is 0.893 bits per heavy atom. The Morgan fingerprint density at radius 3 is 2.18 bits per heavy atom. The normalized spacial score (nSPS) is 10.2. The van der Waals surface area contributed by atoms with Gasteiger partial charge in [-0.25, -0.2) is 0 Å². The van der Waals surface area contributed by atoms with Gasteiger partial charge >= 0.3 is 0 Å². The molecule has 0 fully saturated rings. The van der Waals surface area contributed by atoms with E-state index in [1.54, 1.807) is 48.3 Å². The second-order valence-corrected chi connectivity index (χ2v) is 6.43. The molecule has 0 radical (unpaired) electrons. The molecule has 0 aromatic heterocycles. The van der Waals surface area contributed by atoms with Gasteiger partial charge in [0.1, 0.15) is 5.75 Å². The monoisotopic (exact) mass is 374 g/mol. The Labute approximate surface area is 164 Å². The van der Waals surface area contributed by atoms with Crippen LogP contribution in [0.5, 0.6) is 5.75 Å². The number of carbonyl (C=O) groups excluding carboxylic acids is 2. The first-order valence-electron chi connectivity index (χ1n) is 8.95. The molecule has 0 heterocycles. The summed E-state index contributed by atoms with van der Waals surface area (Å²) >= 11 is 0. The Hall–Kier alpha value is -3.60. The van der Waals surface area contributed by atoms with E-state index in [0.717, 1.165) is 16.9 Å². The van der Waals surface area contributed by atoms with Crippen molar-refractivity contribution in [2.24, 2.45) is 0 Å². The van der Waals surface area contributed by atoms with Gasteiger partial charge in [0.2, 0.25) is 0 Å². The molecular weight excluding hydrogens is 352 g/mol. The van der Waals surface area contributed by atoms with Crippen LogP contribution in [-0.4, -0.2) is 25.5 Å². The van der Waals surface area contributed by atoms with Crippen molar-refractivity contribution in [3.63, 3.8) is 0 Å². The molecule has 0 aliphatic rings. The van der Waals surface area contributed by atoms with E-state index in [2.05, 4.69) is 5.32 Å². The molecule has 5 heteroatoms. The molecule has 5 nitrogen and oxygen atoms in total. The number of carbonyl (C=O) groups is 2. The predicted molar refractivity (Wildman–Crippen MR) is 111 cm³/mol. The summed E-state index contributed by atoms with van der Waals surface area (Å²) < 4.78 is 5.53. The highest BCUT2D eigenvalue weighted by Gasteiger charge is 2.13. The third kappa shape index (κ3) is 4.98. The lowest BCUT2D eigenvalue weighted by Gasteiger charge is -2.18. The summed E-state index contributed by atoms with van der Waals surface area (Å²) in [5.41, 5.74) is 3.23. The van der Waals surface area contributed by atoms with Gasteiger partial charge in [0.25, 0.3) is 11.8 Å². The molecule has 142 valence electrons. The van der Waals surface area contributed by atoms with E-state index < -0.39 is 0 Å². The Kier molecular flexibility index (Phi) is 6.07. The molecule has 0 atom stereocenters. The Balaban J connectivity index is 1.54. The van der Waals surface area contributed by atoms with Crippen LogP contribution in [0.4, 0.5) is 11.4 Å². The van der Waals surface area contributed by atoms with Crippen LogP contribution in [0.3, 0.4) is 0 Å². The molecule has 3 aromatic carbocycles. The van der Waals surface area contributed by atoms with Crippen LogP contribution in [0, 0.1) is 6.92 Å². The number of hydrogen-bond donors (Lipinski definition) is 1. The Morgan fingerprint density at radius 2 is 1.54 bits per heavy atom. The smallest absolute Gasteiger partial charge is 0.262 e. The number of ether oxygens (including phenoxy) is 1. The molecule has 1 N–H and O–H groups in total. The van der Waals surface area contributed by atoms with Gasteiger partial charge < -0.3 is 15.0 Å². The summed E-state index contributed by atoms with van der Waals surface area (Å²) in [5.74, 6) is 0.236. The van der Waals surface area contributed by atoms with Crippen molar-refractivity contribution in [3.8, 4) is 5.75 Å². The predicted octanol–water partition coefficient (Wildman–Crippen LogP) is 4.29. The fourth-order valence-electron chi connectivity index (χ4n) is 2.64. The maximum atomic E-state index is 12.5. The van der Waals surface area contributed by atoms with Gasteiger partial charge in [-0.05, 0) is 55.5 Å². The maximum Gasteiger partial charge on any atom is 0.262 e. The number of nitrogens with zero attached hydrogens (tertiary/aromatic N) is 1. The van der Waals surface area contributed by atoms with E-state index in [9.17, 15) is 9.59 Å². The summed E-state index contributed by atoms with van der Waals surface area (Å²) in [5, 5.41) is 2.79. The molecule has 2 amide bonds. The second kappa shape index (κ2) is 8.86. The van der Waals surface area contributed by atoms with Gasteiger partial charge in [-0.15, -0.1) is 0 Å². The summed E-state index contributed by atoms with van der Waals surface area (Å²) in [7, 11) is 1.72. The second-order valence-electron chi connectivity index (χ2n) is 6.43. The molecular formula is C23H22N2O3. The molecule has 3 aromatic rings. The molecule has 0 unspecified atom stereocenters. The van der Waals surface area contributed by atoms with E-state index in [-0.39, 0.29) is 18.4 Å². The van der Waals surface area contributed by atoms with E-state index in [0.29, 0.717) is 11.3 Å². The molecule has 28 heavy (non-hydrogen) atoms. The molecule has 0 spiro atoms. The van der Waals surface area contributed by atoms with E-state index >= 15 is 0 Å². The van der Waals surface area contributed by atoms with Crippen molar-refractivity contribution in [2.45, 2.75) is 6.92 Å². The van der Waals surface area contributed by atoms with Crippen LogP contribution in [0.25, 0.3) is 0 Å². The number of benzene rings is 3. The van der Waals surface area contributed by atoms with Gasteiger partial charge in [-0.1, -0.05) is 35.9 Å². The largest absolute Gasteiger partial charge is 0.484 e. The third-order valence-electron chi connectivity index (χ3n) is 4.25. The van der Waals surface area contributed by atoms with Crippen LogP contribution in [0.15, 0.2) is 78.9 Å². The number of rotatable bonds is 6. The molecule has 3 rings (SSSR count). The third-order valence-corrected chi connectivity index (χ3v) is 4.25. The first kappa shape index (κ1) is 19.2. The first-order chi connectivity index (χ1) is 13.5. The maximum absolute atomic E-state index is 12.5. The van der Waals surface area contributed by atoms with Gasteiger partial charge in [0.15, 0.2) is 6.61 Å². The van der Waals surface area contributed by atoms with E-state index in [4.69, 9.17) is 4.74 Å². The highest BCUT2D eigenvalue weighted by molar-refractivity contribution is 6.05. The molecule has 0 aliphatic heterocycles. The zero-order chi connectivity index (χ0) is 19.9. The van der Waals surface area contributed by atoms with Crippen LogP contribution >= 0.6 is 0 Å². The lowest BCUT2D eigenvalue weighted by atomic mass is 10.2. The topological polar surface area (TPSA) is 58.6 Å². The van der Waals surface area contributed by atoms with Crippen molar-refractivity contribution in [1.82, 2.24) is 0 Å². The number of hydrogen-bond acceptors (Lipinski definition) is 3. The molecule has 0 bridgehead atoms. The molecule has 0 aliphatic carbocycles. The SMILES string of the molecule is Cc1ccc(NC(=O)COc2ccc(N(C)C(=O)c3ccccc3)cc2)cc1. The number of nitrogens with one attached hydrogen (secondary N) is 1. The van der Waals surface area contributed by atoms with Gasteiger partial charge in [-0.3, -0.25) is 9.59 Å². The summed E-state index contributed by atoms with van der Waals surface area (Å²) in [6.07, 6.45) is 0. The minimum Gasteiger partial charge on any atom is -0.484 e. The van der Waals surface area contributed by atoms with Gasteiger partial charge in [0.05, 0.1) is 0 Å². The van der Waals surface area contributed by atoms with Crippen LogP contribution in [-0.2, 0) is 4.79 Å². The van der Waals surface area contributed by atoms with E-state index in [1.807, 2.05) is 49.4 Å². The van der Waals surface area contributed by atoms with Gasteiger partial charge in [-0.2, -0.15) is 0 Å². The summed E-state index contributed by atoms with van der Waals surface area (Å²) in [6.45, 7) is 1.90. The minimum absolute atomic E-state index is 0.0910. The van der Waals surface area contributed by atoms with Crippen molar-refractivity contribution < 1.29 is 14.3 Å². The zero-order valence-corrected chi connectivity index (χ0v) is 15.9. The van der Waals surface area contributed by atoms with Crippen LogP contribution in [0.2, 0.25) is 0 Å². The average molecular weight is 374 g/mol. The molecule has 0 saturated heterocycles. The highest BCUT2D eigenvalue weighted by atomic mass is 16.5. The van der Waals surface area contributed by atoms with Crippen molar-refractivity contribution in [1.29, 1.82) is 0 Å². The van der Waals surface area contributed by atoms with Crippen molar-refractivity contribution in [2.75, 3.05) is 23.9 Å². The Bertz CT molecular complexity index is 936. The van der Waals surface area contributed by atoms with Crippen molar-refractivity contribution in [3.05, 3.63) is 90.0 Å². The fraction of sp³-hybridized carbons (Fsp3) is 0.130. The highest BCUT2D eigenvalue weighted by Crippen LogP contribution is 2.20. The summed E-state index contributed by atoms with van der Waals surface area (Å²) in [6, 6.07) is 23.7.